The first-order chi connectivity index (χ1) is 12.4. The van der Waals surface area contributed by atoms with Gasteiger partial charge >= 0.3 is 0 Å². The number of benzene rings is 2. The fraction of sp³-hybridized carbons (Fsp3) is 0.381. The van der Waals surface area contributed by atoms with Crippen molar-refractivity contribution in [2.24, 2.45) is 0 Å². The predicted molar refractivity (Wildman–Crippen MR) is 102 cm³/mol. The van der Waals surface area contributed by atoms with E-state index in [0.29, 0.717) is 23.8 Å². The van der Waals surface area contributed by atoms with Crippen LogP contribution in [0.1, 0.15) is 26.3 Å². The van der Waals surface area contributed by atoms with E-state index in [0.717, 1.165) is 5.56 Å². The first kappa shape index (κ1) is 19.6. The zero-order valence-corrected chi connectivity index (χ0v) is 16.1. The Morgan fingerprint density at radius 1 is 0.923 bits per heavy atom. The lowest BCUT2D eigenvalue weighted by atomic mass is 10.0. The summed E-state index contributed by atoms with van der Waals surface area (Å²) in [5.74, 6) is 1.39. The normalized spacial score (nSPS) is 11.0. The molecule has 0 unspecified atom stereocenters. The van der Waals surface area contributed by atoms with Gasteiger partial charge in [0.2, 0.25) is 5.75 Å². The fourth-order valence-electron chi connectivity index (χ4n) is 2.64. The van der Waals surface area contributed by atoms with Crippen LogP contribution in [0.3, 0.4) is 0 Å². The summed E-state index contributed by atoms with van der Waals surface area (Å²) in [5.41, 5.74) is 0.742. The second kappa shape index (κ2) is 8.61. The summed E-state index contributed by atoms with van der Waals surface area (Å²) in [6.45, 7) is 6.46. The third-order valence-electron chi connectivity index (χ3n) is 4.02. The molecule has 0 heterocycles. The van der Waals surface area contributed by atoms with Crippen LogP contribution >= 0.6 is 0 Å². The van der Waals surface area contributed by atoms with E-state index in [1.807, 2.05) is 62.1 Å². The minimum atomic E-state index is -0.332. The Hall–Kier alpha value is -2.69. The van der Waals surface area contributed by atoms with E-state index < -0.39 is 0 Å². The minimum Gasteiger partial charge on any atom is -0.493 e. The summed E-state index contributed by atoms with van der Waals surface area (Å²) in [6.07, 6.45) is 0. The summed E-state index contributed by atoms with van der Waals surface area (Å²) in [4.78, 5) is 14.7. The van der Waals surface area contributed by atoms with Crippen molar-refractivity contribution in [3.05, 3.63) is 54.1 Å². The predicted octanol–water partition coefficient (Wildman–Crippen LogP) is 3.91. The van der Waals surface area contributed by atoms with Crippen molar-refractivity contribution in [3.63, 3.8) is 0 Å². The van der Waals surface area contributed by atoms with Crippen LogP contribution in [0.15, 0.2) is 48.5 Å². The summed E-state index contributed by atoms with van der Waals surface area (Å²) in [5, 5.41) is 0. The number of para-hydroxylation sites is 1. The minimum absolute atomic E-state index is 0.0964. The maximum absolute atomic E-state index is 12.9. The molecule has 0 spiro atoms. The molecule has 0 radical (unpaired) electrons. The summed E-state index contributed by atoms with van der Waals surface area (Å²) in [7, 11) is 3.11. The molecule has 140 valence electrons. The van der Waals surface area contributed by atoms with Gasteiger partial charge in [0.25, 0.3) is 5.91 Å². The first-order valence-electron chi connectivity index (χ1n) is 8.55. The second-order valence-electron chi connectivity index (χ2n) is 6.92. The molecule has 0 atom stereocenters. The van der Waals surface area contributed by atoms with E-state index in [2.05, 4.69) is 0 Å². The molecule has 0 saturated carbocycles. The lowest BCUT2D eigenvalue weighted by Gasteiger charge is -2.36. The van der Waals surface area contributed by atoms with E-state index in [-0.39, 0.29) is 18.1 Å². The Bertz CT molecular complexity index is 700. The second-order valence-corrected chi connectivity index (χ2v) is 6.92. The largest absolute Gasteiger partial charge is 0.493 e. The standard InChI is InChI=1S/C21H27NO4/c1-21(2,3)22(14-16-10-7-6-8-11-16)19(23)15-26-20-17(24-4)12-9-13-18(20)25-5/h6-13H,14-15H2,1-5H3. The third-order valence-corrected chi connectivity index (χ3v) is 4.02. The molecule has 0 aliphatic rings. The van der Waals surface area contributed by atoms with Gasteiger partial charge in [0.05, 0.1) is 14.2 Å². The van der Waals surface area contributed by atoms with Crippen LogP contribution in [-0.4, -0.2) is 37.2 Å². The highest BCUT2D eigenvalue weighted by atomic mass is 16.5. The number of hydrogen-bond acceptors (Lipinski definition) is 4. The molecule has 0 aromatic heterocycles. The van der Waals surface area contributed by atoms with Crippen LogP contribution < -0.4 is 14.2 Å². The third kappa shape index (κ3) is 4.91. The van der Waals surface area contributed by atoms with Crippen LogP contribution in [0.5, 0.6) is 17.2 Å². The molecule has 5 nitrogen and oxygen atoms in total. The van der Waals surface area contributed by atoms with Gasteiger partial charge in [-0.2, -0.15) is 0 Å². The molecule has 0 N–H and O–H groups in total. The van der Waals surface area contributed by atoms with Crippen LogP contribution in [0.4, 0.5) is 0 Å². The van der Waals surface area contributed by atoms with Crippen molar-refractivity contribution in [3.8, 4) is 17.2 Å². The summed E-state index contributed by atoms with van der Waals surface area (Å²) >= 11 is 0. The molecule has 2 aromatic rings. The van der Waals surface area contributed by atoms with Crippen molar-refractivity contribution >= 4 is 5.91 Å². The smallest absolute Gasteiger partial charge is 0.261 e. The number of ether oxygens (including phenoxy) is 3. The average molecular weight is 357 g/mol. The van der Waals surface area contributed by atoms with Gasteiger partial charge in [0, 0.05) is 12.1 Å². The van der Waals surface area contributed by atoms with E-state index in [9.17, 15) is 4.79 Å². The zero-order chi connectivity index (χ0) is 19.2. The molecule has 0 aliphatic heterocycles. The number of carbonyl (C=O) groups is 1. The Morgan fingerprint density at radius 3 is 2.00 bits per heavy atom. The number of amides is 1. The van der Waals surface area contributed by atoms with Crippen LogP contribution in [0.2, 0.25) is 0 Å². The van der Waals surface area contributed by atoms with Gasteiger partial charge in [-0.05, 0) is 38.5 Å². The highest BCUT2D eigenvalue weighted by molar-refractivity contribution is 5.78. The Balaban J connectivity index is 2.16. The zero-order valence-electron chi connectivity index (χ0n) is 16.1. The molecule has 0 aliphatic carbocycles. The highest BCUT2D eigenvalue weighted by Gasteiger charge is 2.27. The van der Waals surface area contributed by atoms with Crippen molar-refractivity contribution < 1.29 is 19.0 Å². The van der Waals surface area contributed by atoms with Crippen LogP contribution in [0.25, 0.3) is 0 Å². The Morgan fingerprint density at radius 2 is 1.50 bits per heavy atom. The van der Waals surface area contributed by atoms with Gasteiger partial charge in [0.1, 0.15) is 0 Å². The molecule has 0 fully saturated rings. The fourth-order valence-corrected chi connectivity index (χ4v) is 2.64. The molecule has 26 heavy (non-hydrogen) atoms. The lowest BCUT2D eigenvalue weighted by Crippen LogP contribution is -2.47. The number of methoxy groups -OCH3 is 2. The molecule has 2 aromatic carbocycles. The molecule has 2 rings (SSSR count). The van der Waals surface area contributed by atoms with Crippen molar-refractivity contribution in [2.75, 3.05) is 20.8 Å². The number of carbonyl (C=O) groups excluding carboxylic acids is 1. The van der Waals surface area contributed by atoms with Gasteiger partial charge in [-0.15, -0.1) is 0 Å². The first-order valence-corrected chi connectivity index (χ1v) is 8.55. The number of rotatable bonds is 7. The molecule has 0 bridgehead atoms. The van der Waals surface area contributed by atoms with Crippen LogP contribution in [0, 0.1) is 0 Å². The maximum atomic E-state index is 12.9. The van der Waals surface area contributed by atoms with E-state index >= 15 is 0 Å². The SMILES string of the molecule is COc1cccc(OC)c1OCC(=O)N(Cc1ccccc1)C(C)(C)C. The van der Waals surface area contributed by atoms with E-state index in [1.54, 1.807) is 26.4 Å². The Kier molecular flexibility index (Phi) is 6.50. The summed E-state index contributed by atoms with van der Waals surface area (Å²) < 4.78 is 16.4. The van der Waals surface area contributed by atoms with E-state index in [1.165, 1.54) is 0 Å². The van der Waals surface area contributed by atoms with Crippen molar-refractivity contribution in [2.45, 2.75) is 32.9 Å². The maximum Gasteiger partial charge on any atom is 0.261 e. The van der Waals surface area contributed by atoms with Gasteiger partial charge in [-0.25, -0.2) is 0 Å². The van der Waals surface area contributed by atoms with Gasteiger partial charge in [-0.1, -0.05) is 36.4 Å². The van der Waals surface area contributed by atoms with E-state index in [4.69, 9.17) is 14.2 Å². The van der Waals surface area contributed by atoms with Gasteiger partial charge in [0.15, 0.2) is 18.1 Å². The molecule has 0 saturated heterocycles. The van der Waals surface area contributed by atoms with Crippen molar-refractivity contribution in [1.29, 1.82) is 0 Å². The van der Waals surface area contributed by atoms with Crippen LogP contribution in [-0.2, 0) is 11.3 Å². The molecular formula is C21H27NO4. The average Bonchev–Trinajstić information content (AvgIpc) is 2.63. The quantitative estimate of drug-likeness (QED) is 0.754. The lowest BCUT2D eigenvalue weighted by molar-refractivity contribution is -0.139. The topological polar surface area (TPSA) is 48.0 Å². The van der Waals surface area contributed by atoms with Gasteiger partial charge in [-0.3, -0.25) is 4.79 Å². The molecule has 1 amide bonds. The summed E-state index contributed by atoms with van der Waals surface area (Å²) in [6, 6.07) is 15.3. The monoisotopic (exact) mass is 357 g/mol. The number of hydrogen-bond donors (Lipinski definition) is 0. The molecular weight excluding hydrogens is 330 g/mol. The van der Waals surface area contributed by atoms with Crippen molar-refractivity contribution in [1.82, 2.24) is 4.90 Å². The number of nitrogens with zero attached hydrogens (tertiary/aromatic N) is 1. The molecule has 5 heteroatoms. The van der Waals surface area contributed by atoms with Gasteiger partial charge < -0.3 is 19.1 Å². The highest BCUT2D eigenvalue weighted by Crippen LogP contribution is 2.36. The Labute approximate surface area is 155 Å².